The van der Waals surface area contributed by atoms with E-state index in [0.29, 0.717) is 13.2 Å². The average molecular weight is 175 g/mol. The number of nitrogens with one attached hydrogen (secondary N) is 1. The van der Waals surface area contributed by atoms with Gasteiger partial charge in [-0.3, -0.25) is 0 Å². The second-order valence-electron chi connectivity index (χ2n) is 2.59. The molecule has 72 valence electrons. The van der Waals surface area contributed by atoms with Crippen LogP contribution in [0.1, 0.15) is 0 Å². The third kappa shape index (κ3) is 7.30. The lowest BCUT2D eigenvalue weighted by Gasteiger charge is -2.15. The van der Waals surface area contributed by atoms with E-state index in [1.807, 2.05) is 7.05 Å². The van der Waals surface area contributed by atoms with Crippen molar-refractivity contribution in [2.45, 2.75) is 0 Å². The Kier molecular flexibility index (Phi) is 6.41. The molecule has 0 aliphatic rings. The number of carbonyl (C=O) groups is 1. The third-order valence-electron chi connectivity index (χ3n) is 1.47. The molecule has 0 bridgehead atoms. The normalized spacial score (nSPS) is 10.2. The zero-order chi connectivity index (χ0) is 9.40. The van der Waals surface area contributed by atoms with E-state index in [2.05, 4.69) is 10.2 Å². The summed E-state index contributed by atoms with van der Waals surface area (Å²) < 4.78 is 4.89. The van der Waals surface area contributed by atoms with Crippen LogP contribution in [0.4, 0.5) is 4.79 Å². The largest absolute Gasteiger partial charge is 0.383 e. The zero-order valence-electron chi connectivity index (χ0n) is 7.67. The molecule has 0 fully saturated rings. The molecule has 5 heteroatoms. The first-order valence-electron chi connectivity index (χ1n) is 3.87. The minimum Gasteiger partial charge on any atom is -0.383 e. The average Bonchev–Trinajstić information content (AvgIpc) is 2.00. The number of nitrogens with two attached hydrogens (primary N) is 1. The minimum atomic E-state index is -0.477. The van der Waals surface area contributed by atoms with E-state index in [1.54, 1.807) is 7.11 Å². The molecule has 0 atom stereocenters. The van der Waals surface area contributed by atoms with E-state index in [4.69, 9.17) is 10.5 Å². The quantitative estimate of drug-likeness (QED) is 0.557. The Labute approximate surface area is 72.9 Å². The summed E-state index contributed by atoms with van der Waals surface area (Å²) in [6.45, 7) is 2.92. The highest BCUT2D eigenvalue weighted by atomic mass is 16.5. The summed E-state index contributed by atoms with van der Waals surface area (Å²) >= 11 is 0. The number of carbonyl (C=O) groups excluding carboxylic acids is 1. The number of hydrogen-bond donors (Lipinski definition) is 2. The summed E-state index contributed by atoms with van der Waals surface area (Å²) in [6, 6.07) is -0.477. The van der Waals surface area contributed by atoms with Gasteiger partial charge in [0.15, 0.2) is 0 Å². The smallest absolute Gasteiger partial charge is 0.312 e. The number of nitrogens with zero attached hydrogens (tertiary/aromatic N) is 1. The maximum absolute atomic E-state index is 10.3. The molecular formula is C7H17N3O2. The predicted molar refractivity (Wildman–Crippen MR) is 47.0 cm³/mol. The Morgan fingerprint density at radius 1 is 1.58 bits per heavy atom. The molecule has 0 aromatic rings. The Bertz CT molecular complexity index is 130. The summed E-state index contributed by atoms with van der Waals surface area (Å²) in [4.78, 5) is 12.3. The number of ether oxygens (including phenoxy) is 1. The van der Waals surface area contributed by atoms with Gasteiger partial charge in [0.1, 0.15) is 0 Å². The molecule has 0 aromatic carbocycles. The van der Waals surface area contributed by atoms with Crippen LogP contribution < -0.4 is 11.1 Å². The van der Waals surface area contributed by atoms with E-state index >= 15 is 0 Å². The van der Waals surface area contributed by atoms with Crippen LogP contribution >= 0.6 is 0 Å². The van der Waals surface area contributed by atoms with Crippen molar-refractivity contribution in [2.24, 2.45) is 5.73 Å². The van der Waals surface area contributed by atoms with Gasteiger partial charge in [-0.05, 0) is 7.05 Å². The van der Waals surface area contributed by atoms with Crippen molar-refractivity contribution in [3.8, 4) is 0 Å². The number of rotatable bonds is 6. The fourth-order valence-electron chi connectivity index (χ4n) is 0.729. The number of methoxy groups -OCH3 is 1. The summed E-state index contributed by atoms with van der Waals surface area (Å²) in [5, 5.41) is 2.51. The fourth-order valence-corrected chi connectivity index (χ4v) is 0.729. The molecule has 3 N–H and O–H groups in total. The second-order valence-corrected chi connectivity index (χ2v) is 2.59. The lowest BCUT2D eigenvalue weighted by atomic mass is 10.5. The molecule has 0 aromatic heterocycles. The maximum Gasteiger partial charge on any atom is 0.312 e. The van der Waals surface area contributed by atoms with Crippen molar-refractivity contribution in [3.05, 3.63) is 0 Å². The molecular weight excluding hydrogens is 158 g/mol. The van der Waals surface area contributed by atoms with Gasteiger partial charge >= 0.3 is 6.03 Å². The second kappa shape index (κ2) is 6.87. The van der Waals surface area contributed by atoms with Gasteiger partial charge in [-0.25, -0.2) is 4.79 Å². The number of primary amides is 1. The van der Waals surface area contributed by atoms with Crippen molar-refractivity contribution in [2.75, 3.05) is 40.4 Å². The molecule has 5 nitrogen and oxygen atoms in total. The highest BCUT2D eigenvalue weighted by molar-refractivity contribution is 5.71. The number of likely N-dealkylation sites (N-methyl/N-ethyl adjacent to an activating group) is 1. The van der Waals surface area contributed by atoms with Gasteiger partial charge in [0, 0.05) is 26.7 Å². The molecule has 0 heterocycles. The van der Waals surface area contributed by atoms with Crippen LogP contribution in [0.2, 0.25) is 0 Å². The molecule has 0 aliphatic carbocycles. The zero-order valence-corrected chi connectivity index (χ0v) is 7.67. The summed E-state index contributed by atoms with van der Waals surface area (Å²) in [5.74, 6) is 0. The summed E-state index contributed by atoms with van der Waals surface area (Å²) in [7, 11) is 3.62. The van der Waals surface area contributed by atoms with Gasteiger partial charge in [-0.1, -0.05) is 0 Å². The number of amides is 2. The van der Waals surface area contributed by atoms with Crippen LogP contribution in [0.3, 0.4) is 0 Å². The van der Waals surface area contributed by atoms with E-state index in [9.17, 15) is 4.79 Å². The van der Waals surface area contributed by atoms with Crippen LogP contribution in [0.5, 0.6) is 0 Å². The van der Waals surface area contributed by atoms with Crippen molar-refractivity contribution in [3.63, 3.8) is 0 Å². The van der Waals surface area contributed by atoms with Crippen LogP contribution in [-0.2, 0) is 4.74 Å². The number of hydrogen-bond acceptors (Lipinski definition) is 3. The predicted octanol–water partition coefficient (Wildman–Crippen LogP) is -0.767. The van der Waals surface area contributed by atoms with Crippen LogP contribution in [0, 0.1) is 0 Å². The van der Waals surface area contributed by atoms with E-state index in [-0.39, 0.29) is 0 Å². The van der Waals surface area contributed by atoms with Gasteiger partial charge < -0.3 is 20.7 Å². The van der Waals surface area contributed by atoms with Gasteiger partial charge in [-0.2, -0.15) is 0 Å². The van der Waals surface area contributed by atoms with Crippen molar-refractivity contribution in [1.29, 1.82) is 0 Å². The SMILES string of the molecule is COCCN(C)CCNC(N)=O. The topological polar surface area (TPSA) is 67.6 Å². The molecule has 12 heavy (non-hydrogen) atoms. The van der Waals surface area contributed by atoms with Crippen LogP contribution in [0.15, 0.2) is 0 Å². The molecule has 2 amide bonds. The molecule has 0 aliphatic heterocycles. The van der Waals surface area contributed by atoms with Crippen molar-refractivity contribution in [1.82, 2.24) is 10.2 Å². The third-order valence-corrected chi connectivity index (χ3v) is 1.47. The highest BCUT2D eigenvalue weighted by Gasteiger charge is 1.97. The van der Waals surface area contributed by atoms with Gasteiger partial charge in [0.05, 0.1) is 6.61 Å². The maximum atomic E-state index is 10.3. The summed E-state index contributed by atoms with van der Waals surface area (Å²) in [5.41, 5.74) is 4.89. The first kappa shape index (κ1) is 11.2. The first-order valence-corrected chi connectivity index (χ1v) is 3.87. The number of urea groups is 1. The highest BCUT2D eigenvalue weighted by Crippen LogP contribution is 1.80. The molecule has 0 rings (SSSR count). The van der Waals surface area contributed by atoms with Crippen LogP contribution in [0.25, 0.3) is 0 Å². The lowest BCUT2D eigenvalue weighted by Crippen LogP contribution is -2.36. The van der Waals surface area contributed by atoms with Crippen LogP contribution in [-0.4, -0.2) is 51.3 Å². The summed E-state index contributed by atoms with van der Waals surface area (Å²) in [6.07, 6.45) is 0. The van der Waals surface area contributed by atoms with E-state index in [1.165, 1.54) is 0 Å². The molecule has 0 unspecified atom stereocenters. The molecule has 0 saturated heterocycles. The Morgan fingerprint density at radius 3 is 2.75 bits per heavy atom. The Balaban J connectivity index is 3.19. The van der Waals surface area contributed by atoms with E-state index in [0.717, 1.165) is 13.1 Å². The standard InChI is InChI=1S/C7H17N3O2/c1-10(5-6-12-2)4-3-9-7(8)11/h3-6H2,1-2H3,(H3,8,9,11). The van der Waals surface area contributed by atoms with Gasteiger partial charge in [-0.15, -0.1) is 0 Å². The lowest BCUT2D eigenvalue weighted by molar-refractivity contribution is 0.161. The Hall–Kier alpha value is -0.810. The van der Waals surface area contributed by atoms with Gasteiger partial charge in [0.25, 0.3) is 0 Å². The van der Waals surface area contributed by atoms with Crippen molar-refractivity contribution >= 4 is 6.03 Å². The van der Waals surface area contributed by atoms with E-state index < -0.39 is 6.03 Å². The molecule has 0 spiro atoms. The first-order chi connectivity index (χ1) is 5.66. The minimum absolute atomic E-state index is 0.477. The van der Waals surface area contributed by atoms with Gasteiger partial charge in [0.2, 0.25) is 0 Å². The molecule has 0 saturated carbocycles. The Morgan fingerprint density at radius 2 is 2.25 bits per heavy atom. The fraction of sp³-hybridized carbons (Fsp3) is 0.857. The molecule has 0 radical (unpaired) electrons. The monoisotopic (exact) mass is 175 g/mol. The van der Waals surface area contributed by atoms with Crippen molar-refractivity contribution < 1.29 is 9.53 Å².